The van der Waals surface area contributed by atoms with Crippen LogP contribution in [0.5, 0.6) is 0 Å². The minimum absolute atomic E-state index is 0.000309. The van der Waals surface area contributed by atoms with Gasteiger partial charge in [-0.2, -0.15) is 0 Å². The first-order valence-electron chi connectivity index (χ1n) is 17.8. The molecule has 360 valence electrons. The van der Waals surface area contributed by atoms with Gasteiger partial charge in [-0.3, -0.25) is 4.79 Å². The van der Waals surface area contributed by atoms with Gasteiger partial charge in [-0.15, -0.1) is 134 Å². The van der Waals surface area contributed by atoms with Crippen molar-refractivity contribution in [3.05, 3.63) is 11.6 Å². The molecular formula is C22H70O7P32. The maximum Gasteiger partial charge on any atom is 0.170 e. The molecule has 0 amide bonds. The van der Waals surface area contributed by atoms with Crippen molar-refractivity contribution in [3.63, 3.8) is 0 Å². The van der Waals surface area contributed by atoms with Crippen molar-refractivity contribution in [2.45, 2.75) is 84.4 Å². The van der Waals surface area contributed by atoms with Gasteiger partial charge < -0.3 is 28.3 Å². The third-order valence-electron chi connectivity index (χ3n) is 10.7. The lowest BCUT2D eigenvalue weighted by molar-refractivity contribution is -0.229. The Morgan fingerprint density at radius 1 is 0.803 bits per heavy atom. The van der Waals surface area contributed by atoms with Crippen molar-refractivity contribution in [3.8, 4) is 0 Å². The number of hydrogen-bond donors (Lipinski definition) is 2. The Bertz CT molecular complexity index is 1380. The lowest BCUT2D eigenvalue weighted by atomic mass is 9.49. The predicted molar refractivity (Wildman–Crippen MR) is 375 cm³/mol. The van der Waals surface area contributed by atoms with E-state index < -0.39 is 125 Å². The number of carbonyl (C=O) groups is 1. The number of rotatable bonds is 24. The number of carbonyl (C=O) groups excluding carboxylic acids is 1. The summed E-state index contributed by atoms with van der Waals surface area (Å²) >= 11 is 0. The molecule has 0 aromatic rings. The van der Waals surface area contributed by atoms with E-state index in [0.717, 1.165) is 0 Å². The van der Waals surface area contributed by atoms with Crippen LogP contribution in [-0.2, 0) is 22.9 Å². The molecule has 0 radical (unpaired) electrons. The summed E-state index contributed by atoms with van der Waals surface area (Å²) in [6.45, 7) is 7.29. The van der Waals surface area contributed by atoms with Crippen molar-refractivity contribution in [2.75, 3.05) is 6.61 Å². The predicted octanol–water partition coefficient (Wildman–Crippen LogP) is 20.3. The average molecular weight is 1440 g/mol. The Morgan fingerprint density at radius 3 is 1.74 bits per heavy atom. The van der Waals surface area contributed by atoms with Crippen LogP contribution in [0, 0.1) is 28.6 Å². The van der Waals surface area contributed by atoms with Crippen LogP contribution in [0.3, 0.4) is 0 Å². The molecule has 0 aromatic carbocycles. The highest BCUT2D eigenvalue weighted by Crippen LogP contribution is 3.18. The first kappa shape index (κ1) is 70.0. The first-order valence-corrected chi connectivity index (χ1v) is 72.7. The second-order valence-electron chi connectivity index (χ2n) is 15.0. The highest BCUT2D eigenvalue weighted by Gasteiger charge is 2.67. The molecule has 2 aliphatic rings. The summed E-state index contributed by atoms with van der Waals surface area (Å²) in [5.41, 5.74) is -2.12. The smallest absolute Gasteiger partial charge is 0.170 e. The van der Waals surface area contributed by atoms with Crippen molar-refractivity contribution >= 4 is 266 Å². The van der Waals surface area contributed by atoms with Crippen LogP contribution < -0.4 is 0 Å². The maximum atomic E-state index is 16.0. The van der Waals surface area contributed by atoms with E-state index in [1.807, 2.05) is 20.8 Å². The third kappa shape index (κ3) is 19.3. The quantitative estimate of drug-likeness (QED) is 0.0734. The Labute approximate surface area is 426 Å². The van der Waals surface area contributed by atoms with Crippen LogP contribution in [0.1, 0.15) is 54.4 Å². The van der Waals surface area contributed by atoms with E-state index in [-0.39, 0.29) is 47.3 Å². The number of Topliss-reactive ketones (excluding diaryl/α,β-unsaturated/α-hetero) is 1. The van der Waals surface area contributed by atoms with Crippen molar-refractivity contribution < 1.29 is 33.1 Å². The third-order valence-corrected chi connectivity index (χ3v) is 152. The lowest BCUT2D eigenvalue weighted by Crippen LogP contribution is -2.70. The number of aliphatic hydroxyl groups excluding tert-OH is 1. The molecule has 2 rings (SSSR count). The molecule has 32 unspecified atom stereocenters. The van der Waals surface area contributed by atoms with E-state index in [0.29, 0.717) is 20.8 Å². The molecule has 2 N–H and O–H groups in total. The first-order chi connectivity index (χ1) is 28.0. The fraction of sp³-hybridized carbons (Fsp3) is 0.864. The Hall–Kier alpha value is 12.9. The molecule has 1 fully saturated rings. The summed E-state index contributed by atoms with van der Waals surface area (Å²) in [7, 11) is 49.4. The fourth-order valence-corrected chi connectivity index (χ4v) is 204. The topological polar surface area (TPSA) is 94.5 Å². The molecule has 0 aromatic heterocycles. The molecule has 0 heterocycles. The minimum atomic E-state index is -1.65. The highest BCUT2D eigenvalue weighted by atomic mass is 33.2. The number of allylic oxidation sites excluding steroid dienone is 1. The summed E-state index contributed by atoms with van der Waals surface area (Å²) in [4.78, 5) is 16.0. The summed E-state index contributed by atoms with van der Waals surface area (Å²) in [5.74, 6) is -1.47. The molecule has 0 spiro atoms. The normalized spacial score (nSPS) is 31.0. The van der Waals surface area contributed by atoms with Crippen LogP contribution in [0.2, 0.25) is 0 Å². The summed E-state index contributed by atoms with van der Waals surface area (Å²) < 4.78 is 29.0. The van der Waals surface area contributed by atoms with E-state index in [1.54, 1.807) is 0 Å². The zero-order chi connectivity index (χ0) is 47.3. The van der Waals surface area contributed by atoms with E-state index in [4.69, 9.17) is 18.1 Å². The van der Waals surface area contributed by atoms with Crippen LogP contribution in [0.4, 0.5) is 0 Å². The highest BCUT2D eigenvalue weighted by molar-refractivity contribution is 9.19. The monoisotopic (exact) mass is 1440 g/mol. The zero-order valence-electron chi connectivity index (χ0n) is 34.8. The summed E-state index contributed by atoms with van der Waals surface area (Å²) in [6, 6.07) is 0. The van der Waals surface area contributed by atoms with Crippen molar-refractivity contribution in [1.82, 2.24) is 0 Å². The van der Waals surface area contributed by atoms with Crippen molar-refractivity contribution in [1.29, 1.82) is 0 Å². The average Bonchev–Trinajstić information content (AvgIpc) is 3.13. The van der Waals surface area contributed by atoms with Gasteiger partial charge in [0.15, 0.2) is 5.78 Å². The molecule has 39 heteroatoms. The molecule has 7 nitrogen and oxygen atoms in total. The SMILES string of the molecule is CC1=CC(C)(C)C(C(OPP)C2C(O)(CO)C(C)CC(OP(P(P)P)P(P)P)C2(C)C(=O)C(C)OP(P(P)P)P(PP)P(P)P)CC1OP(P(P)P(P)P)P(P(P)P)P(P)P. The Morgan fingerprint density at radius 2 is 1.33 bits per heavy atom. The van der Waals surface area contributed by atoms with Crippen LogP contribution in [0.25, 0.3) is 0 Å². The second-order valence-corrected chi connectivity index (χ2v) is 123. The van der Waals surface area contributed by atoms with Gasteiger partial charge in [0.1, 0.15) is 6.10 Å². The standard InChI is InChI=1S/C22H70O7P32/c1-11-9-20(4,5)14(8-15(11)28-51(59(46)55(38)39)61(57(42)43)58(44)45)17(26-47-30)18-21(6,19(24)13(3)27-50(54(36)37)60(48-31)56(40)41)16(7-12(2)22(18,25)10-23)29-49(52(32)33)53(34)35/h9,12-18,23,25,47-48H,7-8,10,30-46H2,1-6H3. The molecule has 0 aliphatic heterocycles. The maximum absolute atomic E-state index is 16.0. The van der Waals surface area contributed by atoms with Gasteiger partial charge >= 0.3 is 0 Å². The second kappa shape index (κ2) is 33.0. The number of aliphatic hydroxyl groups is 2. The summed E-state index contributed by atoms with van der Waals surface area (Å²) in [6.07, 6.45) is 1.35. The van der Waals surface area contributed by atoms with Gasteiger partial charge in [-0.05, 0) is 105 Å². The Kier molecular flexibility index (Phi) is 37.9. The van der Waals surface area contributed by atoms with Crippen LogP contribution in [0.15, 0.2) is 11.6 Å². The molecule has 32 atom stereocenters. The molecule has 1 saturated carbocycles. The largest absolute Gasteiger partial charge is 0.393 e. The zero-order valence-corrected chi connectivity index (χ0v) is 68.1. The molecule has 0 bridgehead atoms. The lowest BCUT2D eigenvalue weighted by Gasteiger charge is -2.61. The van der Waals surface area contributed by atoms with E-state index in [2.05, 4.69) is 179 Å². The van der Waals surface area contributed by atoms with Crippen LogP contribution >= 0.6 is 261 Å². The van der Waals surface area contributed by atoms with Gasteiger partial charge in [-0.1, -0.05) is 52.7 Å². The van der Waals surface area contributed by atoms with Gasteiger partial charge in [-0.25, -0.2) is 0 Å². The van der Waals surface area contributed by atoms with Gasteiger partial charge in [0.2, 0.25) is 0 Å². The van der Waals surface area contributed by atoms with Gasteiger partial charge in [0.05, 0.1) is 58.5 Å². The van der Waals surface area contributed by atoms with E-state index >= 15 is 4.79 Å². The van der Waals surface area contributed by atoms with E-state index in [9.17, 15) is 10.2 Å². The molecule has 61 heavy (non-hydrogen) atoms. The minimum Gasteiger partial charge on any atom is -0.393 e. The molecule has 0 saturated heterocycles. The van der Waals surface area contributed by atoms with Crippen molar-refractivity contribution in [2.24, 2.45) is 28.6 Å². The van der Waals surface area contributed by atoms with Gasteiger partial charge in [0, 0.05) is 35.4 Å². The fourth-order valence-electron chi connectivity index (χ4n) is 7.83. The molecular weight excluding hydrogens is 1370 g/mol. The number of hydrogen-bond acceptors (Lipinski definition) is 7. The van der Waals surface area contributed by atoms with Gasteiger partial charge in [0.25, 0.3) is 0 Å². The summed E-state index contributed by atoms with van der Waals surface area (Å²) in [5, 5.41) is 24.8. The number of ketones is 1. The van der Waals surface area contributed by atoms with E-state index in [1.165, 1.54) is 5.57 Å². The van der Waals surface area contributed by atoms with Crippen LogP contribution in [-0.4, -0.2) is 52.6 Å². The Balaban J connectivity index is 3.02. The molecule has 2 aliphatic carbocycles.